The smallest absolute Gasteiger partial charge is 0.151 e. The van der Waals surface area contributed by atoms with Gasteiger partial charge in [0.15, 0.2) is 5.78 Å². The van der Waals surface area contributed by atoms with Crippen LogP contribution in [0.3, 0.4) is 0 Å². The first-order valence-electron chi connectivity index (χ1n) is 4.39. The Bertz CT molecular complexity index is 264. The summed E-state index contributed by atoms with van der Waals surface area (Å²) in [6, 6.07) is 0. The minimum Gasteiger partial charge on any atom is -0.300 e. The molecule has 4 nitrogen and oxygen atoms in total. The van der Waals surface area contributed by atoms with Crippen LogP contribution in [0.2, 0.25) is 0 Å². The van der Waals surface area contributed by atoms with Crippen LogP contribution in [0.25, 0.3) is 0 Å². The highest BCUT2D eigenvalue weighted by atomic mass is 16.2. The van der Waals surface area contributed by atoms with Crippen LogP contribution in [0, 0.1) is 5.92 Å². The SMILES string of the molecule is CC(=O)CCC(=O)C(C(C)=O)C(C)=O. The van der Waals surface area contributed by atoms with Crippen molar-refractivity contribution in [1.29, 1.82) is 0 Å². The Morgan fingerprint density at radius 2 is 1.29 bits per heavy atom. The predicted octanol–water partition coefficient (Wildman–Crippen LogP) is 0.719. The zero-order valence-corrected chi connectivity index (χ0v) is 8.62. The highest BCUT2D eigenvalue weighted by Gasteiger charge is 2.27. The number of carbonyl (C=O) groups is 4. The number of hydrogen-bond acceptors (Lipinski definition) is 4. The molecule has 0 aliphatic rings. The molecular formula is C10H14O4. The molecule has 0 bridgehead atoms. The molecule has 0 N–H and O–H groups in total. The van der Waals surface area contributed by atoms with E-state index >= 15 is 0 Å². The van der Waals surface area contributed by atoms with Crippen molar-refractivity contribution in [3.8, 4) is 0 Å². The zero-order valence-electron chi connectivity index (χ0n) is 8.62. The van der Waals surface area contributed by atoms with E-state index in [9.17, 15) is 19.2 Å². The second-order valence-corrected chi connectivity index (χ2v) is 3.32. The first-order valence-corrected chi connectivity index (χ1v) is 4.39. The molecule has 0 rings (SSSR count). The van der Waals surface area contributed by atoms with Gasteiger partial charge in [-0.25, -0.2) is 0 Å². The largest absolute Gasteiger partial charge is 0.300 e. The lowest BCUT2D eigenvalue weighted by Gasteiger charge is -2.07. The Labute approximate surface area is 82.7 Å². The average molecular weight is 198 g/mol. The molecule has 0 spiro atoms. The van der Waals surface area contributed by atoms with Gasteiger partial charge in [0.05, 0.1) is 0 Å². The third-order valence-corrected chi connectivity index (χ3v) is 1.86. The van der Waals surface area contributed by atoms with Crippen LogP contribution in [0.5, 0.6) is 0 Å². The fourth-order valence-electron chi connectivity index (χ4n) is 1.18. The quantitative estimate of drug-likeness (QED) is 0.590. The minimum absolute atomic E-state index is 0.0286. The maximum atomic E-state index is 11.3. The normalized spacial score (nSPS) is 10.0. The van der Waals surface area contributed by atoms with Gasteiger partial charge in [0.2, 0.25) is 0 Å². The molecule has 0 unspecified atom stereocenters. The second-order valence-electron chi connectivity index (χ2n) is 3.32. The van der Waals surface area contributed by atoms with Crippen molar-refractivity contribution in [3.63, 3.8) is 0 Å². The van der Waals surface area contributed by atoms with Gasteiger partial charge in [-0.2, -0.15) is 0 Å². The first kappa shape index (κ1) is 12.7. The Hall–Kier alpha value is -1.32. The van der Waals surface area contributed by atoms with Crippen LogP contribution in [0.4, 0.5) is 0 Å². The van der Waals surface area contributed by atoms with E-state index in [-0.39, 0.29) is 18.6 Å². The van der Waals surface area contributed by atoms with Crippen molar-refractivity contribution in [2.45, 2.75) is 33.6 Å². The van der Waals surface area contributed by atoms with Crippen LogP contribution < -0.4 is 0 Å². The van der Waals surface area contributed by atoms with Crippen molar-refractivity contribution >= 4 is 23.1 Å². The van der Waals surface area contributed by atoms with Gasteiger partial charge in [-0.05, 0) is 20.8 Å². The summed E-state index contributed by atoms with van der Waals surface area (Å²) < 4.78 is 0. The van der Waals surface area contributed by atoms with Crippen molar-refractivity contribution in [2.75, 3.05) is 0 Å². The maximum absolute atomic E-state index is 11.3. The molecule has 0 aliphatic carbocycles. The lowest BCUT2D eigenvalue weighted by Crippen LogP contribution is -2.28. The zero-order chi connectivity index (χ0) is 11.3. The van der Waals surface area contributed by atoms with Crippen molar-refractivity contribution in [3.05, 3.63) is 0 Å². The molecule has 0 amide bonds. The van der Waals surface area contributed by atoms with Crippen LogP contribution in [0.1, 0.15) is 33.6 Å². The van der Waals surface area contributed by atoms with E-state index in [1.165, 1.54) is 20.8 Å². The van der Waals surface area contributed by atoms with Gasteiger partial charge < -0.3 is 4.79 Å². The Morgan fingerprint density at radius 3 is 1.57 bits per heavy atom. The molecule has 0 heterocycles. The third kappa shape index (κ3) is 4.07. The summed E-state index contributed by atoms with van der Waals surface area (Å²) in [5.41, 5.74) is 0. The highest BCUT2D eigenvalue weighted by Crippen LogP contribution is 2.07. The molecular weight excluding hydrogens is 184 g/mol. The first-order chi connectivity index (χ1) is 6.36. The van der Waals surface area contributed by atoms with Gasteiger partial charge in [-0.3, -0.25) is 14.4 Å². The summed E-state index contributed by atoms with van der Waals surface area (Å²) in [5.74, 6) is -2.66. The summed E-state index contributed by atoms with van der Waals surface area (Å²) >= 11 is 0. The fraction of sp³-hybridized carbons (Fsp3) is 0.600. The molecule has 0 fully saturated rings. The summed E-state index contributed by atoms with van der Waals surface area (Å²) in [6.07, 6.45) is 0.0645. The van der Waals surface area contributed by atoms with E-state index < -0.39 is 23.3 Å². The highest BCUT2D eigenvalue weighted by molar-refractivity contribution is 6.18. The fourth-order valence-corrected chi connectivity index (χ4v) is 1.18. The number of carbonyl (C=O) groups excluding carboxylic acids is 4. The van der Waals surface area contributed by atoms with E-state index in [1.807, 2.05) is 0 Å². The Kier molecular flexibility index (Phi) is 4.91. The number of hydrogen-bond donors (Lipinski definition) is 0. The van der Waals surface area contributed by atoms with Gasteiger partial charge in [-0.1, -0.05) is 0 Å². The summed E-state index contributed by atoms with van der Waals surface area (Å²) in [7, 11) is 0. The lowest BCUT2D eigenvalue weighted by molar-refractivity contribution is -0.139. The van der Waals surface area contributed by atoms with Crippen LogP contribution in [-0.4, -0.2) is 23.1 Å². The molecule has 14 heavy (non-hydrogen) atoms. The van der Waals surface area contributed by atoms with E-state index in [0.29, 0.717) is 0 Å². The van der Waals surface area contributed by atoms with Crippen LogP contribution >= 0.6 is 0 Å². The predicted molar refractivity (Wildman–Crippen MR) is 49.8 cm³/mol. The summed E-state index contributed by atoms with van der Waals surface area (Å²) in [4.78, 5) is 43.8. The molecule has 0 radical (unpaired) electrons. The molecule has 78 valence electrons. The Balaban J connectivity index is 4.39. The minimum atomic E-state index is -1.17. The van der Waals surface area contributed by atoms with Gasteiger partial charge >= 0.3 is 0 Å². The average Bonchev–Trinajstić information content (AvgIpc) is 1.99. The van der Waals surface area contributed by atoms with Crippen LogP contribution in [0.15, 0.2) is 0 Å². The number of ketones is 4. The van der Waals surface area contributed by atoms with E-state index in [4.69, 9.17) is 0 Å². The summed E-state index contributed by atoms with van der Waals surface area (Å²) in [6.45, 7) is 3.78. The number of rotatable bonds is 6. The van der Waals surface area contributed by atoms with E-state index in [2.05, 4.69) is 0 Å². The van der Waals surface area contributed by atoms with E-state index in [0.717, 1.165) is 0 Å². The molecule has 0 aromatic heterocycles. The molecule has 4 heteroatoms. The molecule has 0 aromatic carbocycles. The van der Waals surface area contributed by atoms with Crippen molar-refractivity contribution in [2.24, 2.45) is 5.92 Å². The Morgan fingerprint density at radius 1 is 0.857 bits per heavy atom. The van der Waals surface area contributed by atoms with Gasteiger partial charge in [-0.15, -0.1) is 0 Å². The monoisotopic (exact) mass is 198 g/mol. The second kappa shape index (κ2) is 5.42. The van der Waals surface area contributed by atoms with Crippen LogP contribution in [-0.2, 0) is 19.2 Å². The van der Waals surface area contributed by atoms with Gasteiger partial charge in [0.1, 0.15) is 23.3 Å². The standard InChI is InChI=1S/C10H14O4/c1-6(11)4-5-9(14)10(7(2)12)8(3)13/h10H,4-5H2,1-3H3. The maximum Gasteiger partial charge on any atom is 0.151 e. The lowest BCUT2D eigenvalue weighted by atomic mass is 9.92. The molecule has 0 saturated carbocycles. The summed E-state index contributed by atoms with van der Waals surface area (Å²) in [5, 5.41) is 0. The van der Waals surface area contributed by atoms with Crippen molar-refractivity contribution in [1.82, 2.24) is 0 Å². The molecule has 0 atom stereocenters. The topological polar surface area (TPSA) is 68.3 Å². The molecule has 0 aliphatic heterocycles. The van der Waals surface area contributed by atoms with Crippen molar-refractivity contribution < 1.29 is 19.2 Å². The molecule has 0 aromatic rings. The van der Waals surface area contributed by atoms with E-state index in [1.54, 1.807) is 0 Å². The number of Topliss-reactive ketones (excluding diaryl/α,β-unsaturated/α-hetero) is 4. The third-order valence-electron chi connectivity index (χ3n) is 1.86. The molecule has 0 saturated heterocycles. The van der Waals surface area contributed by atoms with Gasteiger partial charge in [0, 0.05) is 12.8 Å². The van der Waals surface area contributed by atoms with Gasteiger partial charge in [0.25, 0.3) is 0 Å².